The van der Waals surface area contributed by atoms with Crippen molar-refractivity contribution in [2.45, 2.75) is 6.54 Å². The number of rotatable bonds is 2. The third-order valence-corrected chi connectivity index (χ3v) is 4.48. The average Bonchev–Trinajstić information content (AvgIpc) is 2.81. The van der Waals surface area contributed by atoms with Gasteiger partial charge in [0.25, 0.3) is 0 Å². The lowest BCUT2D eigenvalue weighted by Crippen LogP contribution is -2.02. The van der Waals surface area contributed by atoms with E-state index in [1.807, 2.05) is 17.5 Å². The molecule has 0 spiro atoms. The molecule has 3 aromatic heterocycles. The normalized spacial score (nSPS) is 11.0. The Balaban J connectivity index is 2.34. The zero-order valence-corrected chi connectivity index (χ0v) is 11.7. The molecule has 3 aromatic rings. The van der Waals surface area contributed by atoms with E-state index in [4.69, 9.17) is 5.73 Å². The Hall–Kier alpha value is -1.37. The Kier molecular flexibility index (Phi) is 3.07. The van der Waals surface area contributed by atoms with Crippen LogP contribution in [0.5, 0.6) is 0 Å². The van der Waals surface area contributed by atoms with Gasteiger partial charge in [-0.1, -0.05) is 0 Å². The molecule has 0 radical (unpaired) electrons. The van der Waals surface area contributed by atoms with Gasteiger partial charge < -0.3 is 5.73 Å². The first-order chi connectivity index (χ1) is 8.81. The Morgan fingerprint density at radius 2 is 2.17 bits per heavy atom. The molecule has 0 aliphatic carbocycles. The van der Waals surface area contributed by atoms with Gasteiger partial charge in [-0.05, 0) is 28.1 Å². The quantitative estimate of drug-likeness (QED) is 0.788. The van der Waals surface area contributed by atoms with E-state index in [-0.39, 0.29) is 0 Å². The van der Waals surface area contributed by atoms with E-state index in [2.05, 4.69) is 30.9 Å². The summed E-state index contributed by atoms with van der Waals surface area (Å²) in [5.74, 6) is 0. The number of hydrogen-bond donors (Lipinski definition) is 1. The summed E-state index contributed by atoms with van der Waals surface area (Å²) < 4.78 is 1.00. The molecular formula is C12H9BrN4S. The van der Waals surface area contributed by atoms with Crippen LogP contribution in [0.15, 0.2) is 34.5 Å². The first-order valence-corrected chi connectivity index (χ1v) is 7.00. The van der Waals surface area contributed by atoms with Crippen LogP contribution < -0.4 is 5.73 Å². The fraction of sp³-hybridized carbons (Fsp3) is 0.0833. The average molecular weight is 321 g/mol. The number of aromatic nitrogens is 3. The Labute approximate surface area is 116 Å². The van der Waals surface area contributed by atoms with Gasteiger partial charge in [0.05, 0.1) is 16.8 Å². The lowest BCUT2D eigenvalue weighted by molar-refractivity contribution is 0.991. The minimum atomic E-state index is 0.392. The van der Waals surface area contributed by atoms with Crippen LogP contribution in [0.2, 0.25) is 0 Å². The van der Waals surface area contributed by atoms with Crippen LogP contribution in [0.3, 0.4) is 0 Å². The summed E-state index contributed by atoms with van der Waals surface area (Å²) >= 11 is 5.13. The number of halogens is 1. The highest BCUT2D eigenvalue weighted by molar-refractivity contribution is 9.10. The van der Waals surface area contributed by atoms with E-state index in [0.29, 0.717) is 6.54 Å². The molecule has 0 saturated heterocycles. The maximum atomic E-state index is 5.73. The summed E-state index contributed by atoms with van der Waals surface area (Å²) in [6, 6.07) is 3.88. The van der Waals surface area contributed by atoms with Gasteiger partial charge in [0.15, 0.2) is 0 Å². The molecule has 0 fully saturated rings. The number of nitrogens with two attached hydrogens (primary N) is 1. The third kappa shape index (κ3) is 1.82. The van der Waals surface area contributed by atoms with Crippen LogP contribution in [0.1, 0.15) is 5.69 Å². The highest BCUT2D eigenvalue weighted by atomic mass is 79.9. The summed E-state index contributed by atoms with van der Waals surface area (Å²) in [5, 5.41) is 3.03. The summed E-state index contributed by atoms with van der Waals surface area (Å²) in [6.45, 7) is 0.392. The third-order valence-electron chi connectivity index (χ3n) is 2.66. The van der Waals surface area contributed by atoms with Crippen LogP contribution in [-0.4, -0.2) is 15.0 Å². The second-order valence-electron chi connectivity index (χ2n) is 3.69. The largest absolute Gasteiger partial charge is 0.325 e. The Morgan fingerprint density at radius 3 is 3.00 bits per heavy atom. The van der Waals surface area contributed by atoms with Crippen molar-refractivity contribution in [2.24, 2.45) is 5.73 Å². The van der Waals surface area contributed by atoms with Gasteiger partial charge in [0.2, 0.25) is 0 Å². The SMILES string of the molecule is NCc1ncccc1-c1ncnc2scc(Br)c12. The Bertz CT molecular complexity index is 710. The molecule has 0 saturated carbocycles. The van der Waals surface area contributed by atoms with Crippen molar-refractivity contribution in [1.29, 1.82) is 0 Å². The van der Waals surface area contributed by atoms with Crippen LogP contribution in [0, 0.1) is 0 Å². The summed E-state index contributed by atoms with van der Waals surface area (Å²) in [4.78, 5) is 13.9. The van der Waals surface area contributed by atoms with E-state index < -0.39 is 0 Å². The minimum absolute atomic E-state index is 0.392. The molecule has 0 aliphatic rings. The smallest absolute Gasteiger partial charge is 0.128 e. The molecule has 0 atom stereocenters. The van der Waals surface area contributed by atoms with Crippen molar-refractivity contribution in [2.75, 3.05) is 0 Å². The maximum absolute atomic E-state index is 5.73. The standard InChI is InChI=1S/C12H9BrN4S/c13-8-5-18-12-10(8)11(16-6-17-12)7-2-1-3-15-9(7)4-14/h1-3,5-6H,4,14H2. The summed E-state index contributed by atoms with van der Waals surface area (Å²) in [5.41, 5.74) is 8.41. The fourth-order valence-corrected chi connectivity index (χ4v) is 3.41. The second-order valence-corrected chi connectivity index (χ2v) is 5.40. The van der Waals surface area contributed by atoms with Gasteiger partial charge in [0, 0.05) is 28.2 Å². The van der Waals surface area contributed by atoms with Crippen molar-refractivity contribution in [3.05, 3.63) is 40.2 Å². The number of pyridine rings is 1. The first kappa shape index (κ1) is 11.7. The molecule has 6 heteroatoms. The van der Waals surface area contributed by atoms with Crippen molar-refractivity contribution in [1.82, 2.24) is 15.0 Å². The summed E-state index contributed by atoms with van der Waals surface area (Å²) in [6.07, 6.45) is 3.32. The summed E-state index contributed by atoms with van der Waals surface area (Å²) in [7, 11) is 0. The fourth-order valence-electron chi connectivity index (χ4n) is 1.86. The van der Waals surface area contributed by atoms with Crippen molar-refractivity contribution in [3.63, 3.8) is 0 Å². The first-order valence-electron chi connectivity index (χ1n) is 5.33. The topological polar surface area (TPSA) is 64.7 Å². The number of fused-ring (bicyclic) bond motifs is 1. The molecule has 0 amide bonds. The van der Waals surface area contributed by atoms with Gasteiger partial charge in [0.1, 0.15) is 11.2 Å². The predicted molar refractivity (Wildman–Crippen MR) is 76.2 cm³/mol. The molecule has 0 bridgehead atoms. The molecular weight excluding hydrogens is 312 g/mol. The van der Waals surface area contributed by atoms with E-state index in [1.165, 1.54) is 0 Å². The van der Waals surface area contributed by atoms with Gasteiger partial charge in [-0.3, -0.25) is 4.98 Å². The van der Waals surface area contributed by atoms with Crippen molar-refractivity contribution < 1.29 is 0 Å². The van der Waals surface area contributed by atoms with Gasteiger partial charge in [-0.25, -0.2) is 9.97 Å². The zero-order chi connectivity index (χ0) is 12.5. The van der Waals surface area contributed by atoms with Gasteiger partial charge in [-0.2, -0.15) is 0 Å². The van der Waals surface area contributed by atoms with Gasteiger partial charge in [-0.15, -0.1) is 11.3 Å². The van der Waals surface area contributed by atoms with Crippen LogP contribution in [0.4, 0.5) is 0 Å². The number of hydrogen-bond acceptors (Lipinski definition) is 5. The molecule has 18 heavy (non-hydrogen) atoms. The highest BCUT2D eigenvalue weighted by Crippen LogP contribution is 2.35. The van der Waals surface area contributed by atoms with E-state index >= 15 is 0 Å². The lowest BCUT2D eigenvalue weighted by atomic mass is 10.1. The number of thiophene rings is 1. The molecule has 0 aliphatic heterocycles. The predicted octanol–water partition coefficient (Wildman–Crippen LogP) is 2.97. The van der Waals surface area contributed by atoms with Crippen molar-refractivity contribution >= 4 is 37.5 Å². The Morgan fingerprint density at radius 1 is 1.28 bits per heavy atom. The van der Waals surface area contributed by atoms with Crippen molar-refractivity contribution in [3.8, 4) is 11.3 Å². The molecule has 3 heterocycles. The zero-order valence-electron chi connectivity index (χ0n) is 9.30. The second kappa shape index (κ2) is 4.72. The molecule has 0 aromatic carbocycles. The van der Waals surface area contributed by atoms with E-state index in [9.17, 15) is 0 Å². The lowest BCUT2D eigenvalue weighted by Gasteiger charge is -2.07. The molecule has 4 nitrogen and oxygen atoms in total. The van der Waals surface area contributed by atoms with E-state index in [1.54, 1.807) is 23.9 Å². The molecule has 90 valence electrons. The minimum Gasteiger partial charge on any atom is -0.325 e. The van der Waals surface area contributed by atoms with E-state index in [0.717, 1.165) is 31.6 Å². The van der Waals surface area contributed by atoms with Gasteiger partial charge >= 0.3 is 0 Å². The number of nitrogens with zero attached hydrogens (tertiary/aromatic N) is 3. The molecule has 3 rings (SSSR count). The monoisotopic (exact) mass is 320 g/mol. The maximum Gasteiger partial charge on any atom is 0.128 e. The van der Waals surface area contributed by atoms with Crippen LogP contribution >= 0.6 is 27.3 Å². The van der Waals surface area contributed by atoms with Crippen LogP contribution in [-0.2, 0) is 6.54 Å². The molecule has 2 N–H and O–H groups in total. The van der Waals surface area contributed by atoms with Crippen LogP contribution in [0.25, 0.3) is 21.5 Å². The molecule has 0 unspecified atom stereocenters. The highest BCUT2D eigenvalue weighted by Gasteiger charge is 2.14.